The summed E-state index contributed by atoms with van der Waals surface area (Å²) in [7, 11) is 0. The van der Waals surface area contributed by atoms with Gasteiger partial charge in [0, 0.05) is 11.3 Å². The van der Waals surface area contributed by atoms with Gasteiger partial charge in [-0.25, -0.2) is 5.84 Å². The van der Waals surface area contributed by atoms with Crippen molar-refractivity contribution in [2.24, 2.45) is 5.84 Å². The second-order valence-electron chi connectivity index (χ2n) is 4.71. The number of anilines is 2. The van der Waals surface area contributed by atoms with Crippen LogP contribution in [0.4, 0.5) is 11.9 Å². The van der Waals surface area contributed by atoms with Crippen LogP contribution in [0.5, 0.6) is 6.01 Å². The molecule has 1 saturated carbocycles. The second kappa shape index (κ2) is 7.49. The molecule has 0 saturated heterocycles. The Balaban J connectivity index is 2.05. The summed E-state index contributed by atoms with van der Waals surface area (Å²) in [5.41, 5.74) is 2.44. The van der Waals surface area contributed by atoms with Gasteiger partial charge in [0.05, 0.1) is 6.61 Å². The van der Waals surface area contributed by atoms with Gasteiger partial charge in [-0.1, -0.05) is 6.42 Å². The summed E-state index contributed by atoms with van der Waals surface area (Å²) in [4.78, 5) is 12.5. The highest BCUT2D eigenvalue weighted by molar-refractivity contribution is 7.99. The Kier molecular flexibility index (Phi) is 5.66. The molecule has 0 radical (unpaired) electrons. The molecule has 0 spiro atoms. The molecule has 4 N–H and O–H groups in total. The molecule has 1 aromatic rings. The Morgan fingerprint density at radius 2 is 2.10 bits per heavy atom. The van der Waals surface area contributed by atoms with Crippen LogP contribution < -0.4 is 21.3 Å². The molecule has 20 heavy (non-hydrogen) atoms. The van der Waals surface area contributed by atoms with E-state index in [1.807, 2.05) is 18.7 Å². The van der Waals surface area contributed by atoms with Crippen molar-refractivity contribution in [3.05, 3.63) is 0 Å². The van der Waals surface area contributed by atoms with E-state index in [1.54, 1.807) is 0 Å². The van der Waals surface area contributed by atoms with E-state index in [0.29, 0.717) is 29.8 Å². The Morgan fingerprint density at radius 3 is 2.80 bits per heavy atom. The molecular weight excluding hydrogens is 276 g/mol. The van der Waals surface area contributed by atoms with Crippen molar-refractivity contribution in [1.29, 1.82) is 0 Å². The zero-order valence-electron chi connectivity index (χ0n) is 11.9. The molecule has 0 amide bonds. The lowest BCUT2D eigenvalue weighted by Crippen LogP contribution is -2.29. The average Bonchev–Trinajstić information content (AvgIpc) is 2.47. The molecule has 7 nitrogen and oxygen atoms in total. The first kappa shape index (κ1) is 15.1. The van der Waals surface area contributed by atoms with E-state index in [4.69, 9.17) is 10.6 Å². The van der Waals surface area contributed by atoms with Gasteiger partial charge >= 0.3 is 6.01 Å². The van der Waals surface area contributed by atoms with Gasteiger partial charge in [-0.05, 0) is 32.4 Å². The van der Waals surface area contributed by atoms with Crippen molar-refractivity contribution in [1.82, 2.24) is 15.0 Å². The van der Waals surface area contributed by atoms with Gasteiger partial charge in [0.15, 0.2) is 0 Å². The van der Waals surface area contributed by atoms with Crippen LogP contribution in [0, 0.1) is 0 Å². The minimum atomic E-state index is 0.287. The molecule has 0 aromatic carbocycles. The van der Waals surface area contributed by atoms with E-state index in [1.165, 1.54) is 12.8 Å². The number of nitrogen functional groups attached to an aromatic ring is 1. The predicted molar refractivity (Wildman–Crippen MR) is 82.0 cm³/mol. The van der Waals surface area contributed by atoms with Crippen LogP contribution in [0.25, 0.3) is 0 Å². The van der Waals surface area contributed by atoms with E-state index in [-0.39, 0.29) is 6.01 Å². The fourth-order valence-electron chi connectivity index (χ4n) is 2.35. The Morgan fingerprint density at radius 1 is 1.30 bits per heavy atom. The van der Waals surface area contributed by atoms with Crippen molar-refractivity contribution in [2.75, 3.05) is 23.6 Å². The number of hydrazine groups is 1. The van der Waals surface area contributed by atoms with Crippen molar-refractivity contribution >= 4 is 23.7 Å². The molecule has 0 aliphatic heterocycles. The molecule has 2 atom stereocenters. The van der Waals surface area contributed by atoms with Crippen LogP contribution in [0.3, 0.4) is 0 Å². The van der Waals surface area contributed by atoms with E-state index < -0.39 is 0 Å². The van der Waals surface area contributed by atoms with Crippen LogP contribution in [0.2, 0.25) is 0 Å². The Hall–Kier alpha value is -1.28. The lowest BCUT2D eigenvalue weighted by molar-refractivity contribution is 0.312. The third kappa shape index (κ3) is 4.11. The maximum absolute atomic E-state index is 5.37. The minimum Gasteiger partial charge on any atom is -0.464 e. The van der Waals surface area contributed by atoms with Gasteiger partial charge in [-0.2, -0.15) is 26.7 Å². The number of nitrogens with one attached hydrogen (secondary N) is 2. The van der Waals surface area contributed by atoms with Crippen LogP contribution in [-0.2, 0) is 0 Å². The van der Waals surface area contributed by atoms with Crippen LogP contribution in [0.15, 0.2) is 0 Å². The molecule has 112 valence electrons. The molecule has 2 rings (SSSR count). The Bertz CT molecular complexity index is 432. The summed E-state index contributed by atoms with van der Waals surface area (Å²) in [6.45, 7) is 2.39. The number of thioether (sulfide) groups is 1. The second-order valence-corrected chi connectivity index (χ2v) is 5.85. The predicted octanol–water partition coefficient (Wildman–Crippen LogP) is 1.64. The normalized spacial score (nSPS) is 22.4. The summed E-state index contributed by atoms with van der Waals surface area (Å²) >= 11 is 1.93. The monoisotopic (exact) mass is 298 g/mol. The molecule has 8 heteroatoms. The van der Waals surface area contributed by atoms with Crippen LogP contribution >= 0.6 is 11.8 Å². The zero-order valence-corrected chi connectivity index (χ0v) is 12.7. The maximum atomic E-state index is 5.37. The number of aromatic nitrogens is 3. The highest BCUT2D eigenvalue weighted by Gasteiger charge is 2.22. The standard InChI is InChI=1S/C12H22N6OS/c1-3-19-12-16-10(15-11(17-12)18-13)14-8-5-4-6-9(7-8)20-2/h8-9H,3-7,13H2,1-2H3,(H2,14,15,16,17,18). The summed E-state index contributed by atoms with van der Waals surface area (Å²) in [6, 6.07) is 0.680. The highest BCUT2D eigenvalue weighted by atomic mass is 32.2. The highest BCUT2D eigenvalue weighted by Crippen LogP contribution is 2.28. The van der Waals surface area contributed by atoms with Crippen LogP contribution in [-0.4, -0.2) is 39.1 Å². The molecule has 1 aromatic heterocycles. The molecule has 1 heterocycles. The number of nitrogens with zero attached hydrogens (tertiary/aromatic N) is 3. The molecule has 1 aliphatic carbocycles. The lowest BCUT2D eigenvalue weighted by Gasteiger charge is -2.28. The van der Waals surface area contributed by atoms with E-state index in [2.05, 4.69) is 32.0 Å². The van der Waals surface area contributed by atoms with Crippen molar-refractivity contribution < 1.29 is 4.74 Å². The van der Waals surface area contributed by atoms with Gasteiger partial charge in [0.2, 0.25) is 11.9 Å². The number of nitrogens with two attached hydrogens (primary N) is 1. The first-order chi connectivity index (χ1) is 9.75. The van der Waals surface area contributed by atoms with Crippen LogP contribution in [0.1, 0.15) is 32.6 Å². The van der Waals surface area contributed by atoms with E-state index in [9.17, 15) is 0 Å². The zero-order chi connectivity index (χ0) is 14.4. The first-order valence-electron chi connectivity index (χ1n) is 6.90. The first-order valence-corrected chi connectivity index (χ1v) is 8.18. The number of hydrogen-bond acceptors (Lipinski definition) is 8. The van der Waals surface area contributed by atoms with Crippen molar-refractivity contribution in [3.8, 4) is 6.01 Å². The minimum absolute atomic E-state index is 0.287. The SMILES string of the molecule is CCOc1nc(NN)nc(NC2CCCC(SC)C2)n1. The van der Waals surface area contributed by atoms with Gasteiger partial charge in [-0.15, -0.1) is 0 Å². The molecule has 1 aliphatic rings. The topological polar surface area (TPSA) is 98.0 Å². The molecule has 2 unspecified atom stereocenters. The molecule has 1 fully saturated rings. The summed E-state index contributed by atoms with van der Waals surface area (Å²) in [6.07, 6.45) is 6.95. The van der Waals surface area contributed by atoms with Gasteiger partial charge in [-0.3, -0.25) is 5.43 Å². The summed E-state index contributed by atoms with van der Waals surface area (Å²) < 4.78 is 5.32. The number of hydrogen-bond donors (Lipinski definition) is 3. The van der Waals surface area contributed by atoms with Crippen molar-refractivity contribution in [2.45, 2.75) is 43.9 Å². The van der Waals surface area contributed by atoms with E-state index in [0.717, 1.165) is 12.8 Å². The maximum Gasteiger partial charge on any atom is 0.323 e. The van der Waals surface area contributed by atoms with Crippen molar-refractivity contribution in [3.63, 3.8) is 0 Å². The third-order valence-electron chi connectivity index (χ3n) is 3.31. The fourth-order valence-corrected chi connectivity index (χ4v) is 3.18. The lowest BCUT2D eigenvalue weighted by atomic mass is 9.95. The Labute approximate surface area is 123 Å². The fraction of sp³-hybridized carbons (Fsp3) is 0.750. The van der Waals surface area contributed by atoms with Gasteiger partial charge < -0.3 is 10.1 Å². The summed E-state index contributed by atoms with van der Waals surface area (Å²) in [5.74, 6) is 6.20. The van der Waals surface area contributed by atoms with Gasteiger partial charge in [0.1, 0.15) is 0 Å². The number of ether oxygens (including phenoxy) is 1. The largest absolute Gasteiger partial charge is 0.464 e. The average molecular weight is 298 g/mol. The molecular formula is C12H22N6OS. The molecule has 0 bridgehead atoms. The number of rotatable bonds is 6. The smallest absolute Gasteiger partial charge is 0.323 e. The third-order valence-corrected chi connectivity index (χ3v) is 4.40. The quantitative estimate of drug-likeness (QED) is 0.538. The van der Waals surface area contributed by atoms with E-state index >= 15 is 0 Å². The van der Waals surface area contributed by atoms with Gasteiger partial charge in [0.25, 0.3) is 0 Å². The summed E-state index contributed by atoms with van der Waals surface area (Å²) in [5, 5.41) is 4.08.